The average molecular weight is 164 g/mol. The highest BCUT2D eigenvalue weighted by atomic mass is 19.4. The second-order valence-electron chi connectivity index (χ2n) is 2.28. The standard InChI is InChI=1S/C6H7F3N2/c1-4-10-3-2-5(11-4)6(7,8)9/h3,5H,2H2,1H3. The van der Waals surface area contributed by atoms with Gasteiger partial charge in [-0.2, -0.15) is 13.2 Å². The van der Waals surface area contributed by atoms with Crippen molar-refractivity contribution < 1.29 is 13.2 Å². The highest BCUT2D eigenvalue weighted by Gasteiger charge is 2.39. The van der Waals surface area contributed by atoms with Crippen LogP contribution in [0.15, 0.2) is 9.98 Å². The van der Waals surface area contributed by atoms with E-state index in [-0.39, 0.29) is 12.3 Å². The summed E-state index contributed by atoms with van der Waals surface area (Å²) in [5.41, 5.74) is 0. The fraction of sp³-hybridized carbons (Fsp3) is 0.667. The van der Waals surface area contributed by atoms with Crippen molar-refractivity contribution in [3.8, 4) is 0 Å². The van der Waals surface area contributed by atoms with E-state index in [4.69, 9.17) is 0 Å². The van der Waals surface area contributed by atoms with Crippen molar-refractivity contribution in [1.29, 1.82) is 0 Å². The molecule has 1 heterocycles. The largest absolute Gasteiger partial charge is 0.411 e. The molecule has 62 valence electrons. The van der Waals surface area contributed by atoms with E-state index in [1.54, 1.807) is 0 Å². The summed E-state index contributed by atoms with van der Waals surface area (Å²) in [6.07, 6.45) is -3.12. The molecular weight excluding hydrogens is 157 g/mol. The zero-order chi connectivity index (χ0) is 8.48. The molecule has 0 radical (unpaired) electrons. The maximum Gasteiger partial charge on any atom is 0.411 e. The molecule has 0 spiro atoms. The Morgan fingerprint density at radius 1 is 1.55 bits per heavy atom. The lowest BCUT2D eigenvalue weighted by molar-refractivity contribution is -0.145. The van der Waals surface area contributed by atoms with Gasteiger partial charge in [-0.3, -0.25) is 4.99 Å². The smallest absolute Gasteiger partial charge is 0.258 e. The van der Waals surface area contributed by atoms with Crippen LogP contribution in [-0.2, 0) is 0 Å². The highest BCUT2D eigenvalue weighted by molar-refractivity contribution is 5.89. The second kappa shape index (κ2) is 2.64. The molecule has 0 aromatic carbocycles. The minimum Gasteiger partial charge on any atom is -0.258 e. The number of hydrogen-bond acceptors (Lipinski definition) is 2. The zero-order valence-corrected chi connectivity index (χ0v) is 5.89. The van der Waals surface area contributed by atoms with Crippen LogP contribution in [0.1, 0.15) is 13.3 Å². The SMILES string of the molecule is CC1=NC(C(F)(F)F)CC=N1. The van der Waals surface area contributed by atoms with Gasteiger partial charge < -0.3 is 0 Å². The molecule has 2 nitrogen and oxygen atoms in total. The summed E-state index contributed by atoms with van der Waals surface area (Å²) in [7, 11) is 0. The molecule has 0 fully saturated rings. The first-order valence-corrected chi connectivity index (χ1v) is 3.14. The van der Waals surface area contributed by atoms with E-state index < -0.39 is 12.2 Å². The van der Waals surface area contributed by atoms with Crippen LogP contribution in [0.2, 0.25) is 0 Å². The Hall–Kier alpha value is -0.870. The molecular formula is C6H7F3N2. The van der Waals surface area contributed by atoms with Crippen LogP contribution in [0.4, 0.5) is 13.2 Å². The zero-order valence-electron chi connectivity index (χ0n) is 5.89. The summed E-state index contributed by atoms with van der Waals surface area (Å²) < 4.78 is 35.8. The van der Waals surface area contributed by atoms with Crippen molar-refractivity contribution in [3.05, 3.63) is 0 Å². The van der Waals surface area contributed by atoms with Crippen LogP contribution < -0.4 is 0 Å². The first kappa shape index (κ1) is 8.23. The van der Waals surface area contributed by atoms with Gasteiger partial charge >= 0.3 is 6.18 Å². The predicted octanol–water partition coefficient (Wildman–Crippen LogP) is 1.81. The number of halogens is 3. The van der Waals surface area contributed by atoms with E-state index in [1.807, 2.05) is 0 Å². The fourth-order valence-electron chi connectivity index (χ4n) is 0.803. The van der Waals surface area contributed by atoms with Crippen LogP contribution in [-0.4, -0.2) is 24.3 Å². The molecule has 5 heteroatoms. The molecule has 11 heavy (non-hydrogen) atoms. The molecule has 1 rings (SSSR count). The Kier molecular flexibility index (Phi) is 1.97. The van der Waals surface area contributed by atoms with Gasteiger partial charge in [0, 0.05) is 12.6 Å². The lowest BCUT2D eigenvalue weighted by Gasteiger charge is -2.16. The molecule has 1 aliphatic heterocycles. The van der Waals surface area contributed by atoms with Gasteiger partial charge in [-0.05, 0) is 6.92 Å². The molecule has 0 aliphatic carbocycles. The van der Waals surface area contributed by atoms with Crippen LogP contribution in [0, 0.1) is 0 Å². The van der Waals surface area contributed by atoms with Gasteiger partial charge in [0.2, 0.25) is 0 Å². The molecule has 0 N–H and O–H groups in total. The average Bonchev–Trinajstić information content (AvgIpc) is 1.86. The van der Waals surface area contributed by atoms with Gasteiger partial charge in [-0.1, -0.05) is 0 Å². The third-order valence-electron chi connectivity index (χ3n) is 1.33. The van der Waals surface area contributed by atoms with Crippen molar-refractivity contribution in [2.24, 2.45) is 9.98 Å². The van der Waals surface area contributed by atoms with E-state index in [9.17, 15) is 13.2 Å². The van der Waals surface area contributed by atoms with E-state index >= 15 is 0 Å². The van der Waals surface area contributed by atoms with Crippen LogP contribution >= 0.6 is 0 Å². The molecule has 0 amide bonds. The minimum atomic E-state index is -4.23. The van der Waals surface area contributed by atoms with Crippen molar-refractivity contribution in [3.63, 3.8) is 0 Å². The van der Waals surface area contributed by atoms with Crippen molar-refractivity contribution >= 4 is 12.1 Å². The van der Waals surface area contributed by atoms with Gasteiger partial charge in [0.25, 0.3) is 0 Å². The van der Waals surface area contributed by atoms with Gasteiger partial charge in [0.1, 0.15) is 5.84 Å². The molecule has 0 aromatic rings. The summed E-state index contributed by atoms with van der Waals surface area (Å²) in [5.74, 6) is 0.193. The normalized spacial score (nSPS) is 25.1. The highest BCUT2D eigenvalue weighted by Crippen LogP contribution is 2.26. The maximum atomic E-state index is 11.9. The molecule has 0 saturated carbocycles. The number of rotatable bonds is 0. The fourth-order valence-corrected chi connectivity index (χ4v) is 0.803. The monoisotopic (exact) mass is 164 g/mol. The van der Waals surface area contributed by atoms with Gasteiger partial charge in [0.05, 0.1) is 0 Å². The van der Waals surface area contributed by atoms with Gasteiger partial charge in [0.15, 0.2) is 6.04 Å². The van der Waals surface area contributed by atoms with Crippen molar-refractivity contribution in [2.45, 2.75) is 25.6 Å². The molecule has 1 aliphatic rings. The van der Waals surface area contributed by atoms with E-state index in [2.05, 4.69) is 9.98 Å². The summed E-state index contributed by atoms with van der Waals surface area (Å²) >= 11 is 0. The first-order chi connectivity index (χ1) is 5.00. The molecule has 0 saturated heterocycles. The van der Waals surface area contributed by atoms with Crippen molar-refractivity contribution in [2.75, 3.05) is 0 Å². The number of nitrogens with zero attached hydrogens (tertiary/aromatic N) is 2. The van der Waals surface area contributed by atoms with E-state index in [1.165, 1.54) is 13.1 Å². The topological polar surface area (TPSA) is 24.7 Å². The number of aliphatic imine (C=N–C) groups is 2. The summed E-state index contributed by atoms with van der Waals surface area (Å²) in [6.45, 7) is 1.45. The van der Waals surface area contributed by atoms with Crippen LogP contribution in [0.3, 0.4) is 0 Å². The Morgan fingerprint density at radius 2 is 2.18 bits per heavy atom. The molecule has 1 atom stereocenters. The first-order valence-electron chi connectivity index (χ1n) is 3.14. The van der Waals surface area contributed by atoms with E-state index in [0.717, 1.165) is 0 Å². The van der Waals surface area contributed by atoms with Gasteiger partial charge in [-0.25, -0.2) is 4.99 Å². The number of alkyl halides is 3. The second-order valence-corrected chi connectivity index (χ2v) is 2.28. The van der Waals surface area contributed by atoms with Crippen LogP contribution in [0.25, 0.3) is 0 Å². The predicted molar refractivity (Wildman–Crippen MR) is 36.1 cm³/mol. The maximum absolute atomic E-state index is 11.9. The van der Waals surface area contributed by atoms with E-state index in [0.29, 0.717) is 0 Å². The summed E-state index contributed by atoms with van der Waals surface area (Å²) in [4.78, 5) is 6.97. The number of amidine groups is 1. The van der Waals surface area contributed by atoms with Crippen molar-refractivity contribution in [1.82, 2.24) is 0 Å². The Bertz CT molecular complexity index is 204. The minimum absolute atomic E-state index is 0.138. The number of hydrogen-bond donors (Lipinski definition) is 0. The lowest BCUT2D eigenvalue weighted by atomic mass is 10.2. The molecule has 0 bridgehead atoms. The Morgan fingerprint density at radius 3 is 2.55 bits per heavy atom. The Balaban J connectivity index is 2.71. The van der Waals surface area contributed by atoms with Crippen LogP contribution in [0.5, 0.6) is 0 Å². The molecule has 0 aromatic heterocycles. The summed E-state index contributed by atoms with van der Waals surface area (Å²) in [6, 6.07) is -1.58. The lowest BCUT2D eigenvalue weighted by Crippen LogP contribution is -2.29. The Labute approximate surface area is 61.8 Å². The molecule has 1 unspecified atom stereocenters. The van der Waals surface area contributed by atoms with Gasteiger partial charge in [-0.15, -0.1) is 0 Å². The summed E-state index contributed by atoms with van der Waals surface area (Å²) in [5, 5.41) is 0. The third kappa shape index (κ3) is 2.03. The quantitative estimate of drug-likeness (QED) is 0.521. The third-order valence-corrected chi connectivity index (χ3v) is 1.33.